The van der Waals surface area contributed by atoms with E-state index in [0.717, 1.165) is 23.4 Å². The van der Waals surface area contributed by atoms with Crippen molar-refractivity contribution in [3.8, 4) is 0 Å². The maximum absolute atomic E-state index is 12.2. The smallest absolute Gasteiger partial charge is 0.325 e. The molecule has 20 heavy (non-hydrogen) atoms. The summed E-state index contributed by atoms with van der Waals surface area (Å²) in [6.45, 7) is 6.21. The van der Waals surface area contributed by atoms with Gasteiger partial charge in [0.25, 0.3) is 0 Å². The number of aromatic nitrogens is 1. The molecule has 0 saturated carbocycles. The van der Waals surface area contributed by atoms with Crippen molar-refractivity contribution in [3.63, 3.8) is 0 Å². The fourth-order valence-corrected chi connectivity index (χ4v) is 2.03. The van der Waals surface area contributed by atoms with Crippen LogP contribution in [0.5, 0.6) is 0 Å². The number of hydrogen-bond donors (Lipinski definition) is 0. The minimum atomic E-state index is -0.399. The first-order valence-electron chi connectivity index (χ1n) is 6.75. The molecule has 0 saturated heterocycles. The second-order valence-corrected chi connectivity index (χ2v) is 4.69. The Labute approximate surface area is 119 Å². The fourth-order valence-electron chi connectivity index (χ4n) is 2.03. The van der Waals surface area contributed by atoms with E-state index in [0.29, 0.717) is 19.4 Å². The third-order valence-corrected chi connectivity index (χ3v) is 3.16. The van der Waals surface area contributed by atoms with E-state index in [4.69, 9.17) is 4.52 Å². The number of methoxy groups -OCH3 is 1. The van der Waals surface area contributed by atoms with Crippen molar-refractivity contribution in [2.24, 2.45) is 0 Å². The zero-order valence-electron chi connectivity index (χ0n) is 12.6. The lowest BCUT2D eigenvalue weighted by Crippen LogP contribution is -2.36. The fraction of sp³-hybridized carbons (Fsp3) is 0.643. The van der Waals surface area contributed by atoms with Crippen molar-refractivity contribution in [2.75, 3.05) is 20.2 Å². The maximum atomic E-state index is 12.2. The van der Waals surface area contributed by atoms with Crippen LogP contribution < -0.4 is 0 Å². The Kier molecular flexibility index (Phi) is 6.21. The Hall–Kier alpha value is -1.85. The molecule has 0 bridgehead atoms. The molecule has 6 nitrogen and oxygen atoms in total. The molecule has 0 aliphatic heterocycles. The average molecular weight is 282 g/mol. The van der Waals surface area contributed by atoms with Gasteiger partial charge in [-0.1, -0.05) is 12.1 Å². The SMILES string of the molecule is CCCN(CC(=O)OC)C(=O)CCc1c(C)noc1C. The van der Waals surface area contributed by atoms with E-state index >= 15 is 0 Å². The van der Waals surface area contributed by atoms with Crippen LogP contribution in [0.2, 0.25) is 0 Å². The van der Waals surface area contributed by atoms with E-state index in [1.54, 1.807) is 0 Å². The second kappa shape index (κ2) is 7.67. The molecule has 0 atom stereocenters. The summed E-state index contributed by atoms with van der Waals surface area (Å²) in [5, 5.41) is 3.86. The number of carbonyl (C=O) groups is 2. The molecule has 0 N–H and O–H groups in total. The van der Waals surface area contributed by atoms with Gasteiger partial charge in [0, 0.05) is 18.5 Å². The van der Waals surface area contributed by atoms with Crippen molar-refractivity contribution < 1.29 is 18.8 Å². The summed E-state index contributed by atoms with van der Waals surface area (Å²) in [4.78, 5) is 25.0. The molecule has 1 rings (SSSR count). The first-order chi connectivity index (χ1) is 9.49. The van der Waals surface area contributed by atoms with Crippen LogP contribution in [0.3, 0.4) is 0 Å². The highest BCUT2D eigenvalue weighted by Gasteiger charge is 2.18. The molecule has 0 aliphatic rings. The van der Waals surface area contributed by atoms with Gasteiger partial charge in [-0.15, -0.1) is 0 Å². The van der Waals surface area contributed by atoms with Crippen LogP contribution in [0.25, 0.3) is 0 Å². The normalized spacial score (nSPS) is 10.4. The number of nitrogens with zero attached hydrogens (tertiary/aromatic N) is 2. The molecule has 0 radical (unpaired) electrons. The van der Waals surface area contributed by atoms with Crippen molar-refractivity contribution in [1.82, 2.24) is 10.1 Å². The average Bonchev–Trinajstić information content (AvgIpc) is 2.74. The van der Waals surface area contributed by atoms with E-state index in [1.165, 1.54) is 12.0 Å². The van der Waals surface area contributed by atoms with E-state index in [9.17, 15) is 9.59 Å². The van der Waals surface area contributed by atoms with Crippen LogP contribution in [0.4, 0.5) is 0 Å². The first-order valence-corrected chi connectivity index (χ1v) is 6.75. The first kappa shape index (κ1) is 16.2. The summed E-state index contributed by atoms with van der Waals surface area (Å²) in [7, 11) is 1.32. The number of amides is 1. The minimum absolute atomic E-state index is 0.00474. The molecule has 0 unspecified atom stereocenters. The molecule has 1 aromatic heterocycles. The zero-order valence-corrected chi connectivity index (χ0v) is 12.6. The van der Waals surface area contributed by atoms with Gasteiger partial charge < -0.3 is 14.2 Å². The summed E-state index contributed by atoms with van der Waals surface area (Å²) in [6, 6.07) is 0. The van der Waals surface area contributed by atoms with Crippen molar-refractivity contribution in [2.45, 2.75) is 40.0 Å². The molecule has 0 aromatic carbocycles. The number of carbonyl (C=O) groups excluding carboxylic acids is 2. The predicted molar refractivity (Wildman–Crippen MR) is 73.2 cm³/mol. The van der Waals surface area contributed by atoms with Crippen molar-refractivity contribution in [3.05, 3.63) is 17.0 Å². The highest BCUT2D eigenvalue weighted by molar-refractivity contribution is 5.82. The standard InChI is InChI=1S/C14H22N2O4/c1-5-8-16(9-14(18)19-4)13(17)7-6-12-10(2)15-20-11(12)3/h5-9H2,1-4H3. The Morgan fingerprint density at radius 2 is 2.05 bits per heavy atom. The zero-order chi connectivity index (χ0) is 15.1. The highest BCUT2D eigenvalue weighted by Crippen LogP contribution is 2.15. The Morgan fingerprint density at radius 1 is 1.35 bits per heavy atom. The van der Waals surface area contributed by atoms with Gasteiger partial charge in [-0.2, -0.15) is 0 Å². The number of rotatable bonds is 7. The Balaban J connectivity index is 2.60. The maximum Gasteiger partial charge on any atom is 0.325 e. The van der Waals surface area contributed by atoms with Crippen molar-refractivity contribution in [1.29, 1.82) is 0 Å². The molecule has 6 heteroatoms. The molecule has 0 spiro atoms. The Morgan fingerprint density at radius 3 is 2.55 bits per heavy atom. The summed E-state index contributed by atoms with van der Waals surface area (Å²) in [6.07, 6.45) is 1.70. The summed E-state index contributed by atoms with van der Waals surface area (Å²) in [5.41, 5.74) is 1.78. The molecule has 0 fully saturated rings. The van der Waals surface area contributed by atoms with E-state index in [1.807, 2.05) is 20.8 Å². The predicted octanol–water partition coefficient (Wildman–Crippen LogP) is 1.64. The molecular formula is C14H22N2O4. The largest absolute Gasteiger partial charge is 0.468 e. The summed E-state index contributed by atoms with van der Waals surface area (Å²) >= 11 is 0. The number of esters is 1. The lowest BCUT2D eigenvalue weighted by Gasteiger charge is -2.20. The summed E-state index contributed by atoms with van der Waals surface area (Å²) in [5.74, 6) is 0.284. The highest BCUT2D eigenvalue weighted by atomic mass is 16.5. The number of hydrogen-bond acceptors (Lipinski definition) is 5. The lowest BCUT2D eigenvalue weighted by molar-refractivity contribution is -0.147. The molecule has 1 heterocycles. The van der Waals surface area contributed by atoms with Gasteiger partial charge in [-0.3, -0.25) is 9.59 Å². The number of ether oxygens (including phenoxy) is 1. The molecular weight excluding hydrogens is 260 g/mol. The van der Waals surface area contributed by atoms with Crippen LogP contribution in [0.1, 0.15) is 36.8 Å². The van der Waals surface area contributed by atoms with Crippen LogP contribution in [0, 0.1) is 13.8 Å². The van der Waals surface area contributed by atoms with Crippen LogP contribution in [0.15, 0.2) is 4.52 Å². The van der Waals surface area contributed by atoms with Crippen LogP contribution >= 0.6 is 0 Å². The van der Waals surface area contributed by atoms with E-state index in [2.05, 4.69) is 9.89 Å². The molecule has 112 valence electrons. The lowest BCUT2D eigenvalue weighted by atomic mass is 10.1. The van der Waals surface area contributed by atoms with Crippen LogP contribution in [-0.2, 0) is 20.7 Å². The van der Waals surface area contributed by atoms with Gasteiger partial charge in [0.1, 0.15) is 12.3 Å². The Bertz CT molecular complexity index is 448. The third kappa shape index (κ3) is 4.36. The molecule has 1 amide bonds. The van der Waals surface area contributed by atoms with Gasteiger partial charge in [0.05, 0.1) is 12.8 Å². The van der Waals surface area contributed by atoms with Gasteiger partial charge in [-0.25, -0.2) is 0 Å². The monoisotopic (exact) mass is 282 g/mol. The van der Waals surface area contributed by atoms with E-state index in [-0.39, 0.29) is 12.5 Å². The minimum Gasteiger partial charge on any atom is -0.468 e. The van der Waals surface area contributed by atoms with Gasteiger partial charge >= 0.3 is 5.97 Å². The third-order valence-electron chi connectivity index (χ3n) is 3.16. The van der Waals surface area contributed by atoms with Gasteiger partial charge in [0.2, 0.25) is 5.91 Å². The van der Waals surface area contributed by atoms with E-state index < -0.39 is 5.97 Å². The van der Waals surface area contributed by atoms with Gasteiger partial charge in [-0.05, 0) is 26.7 Å². The number of aryl methyl sites for hydroxylation is 2. The second-order valence-electron chi connectivity index (χ2n) is 4.69. The summed E-state index contributed by atoms with van der Waals surface area (Å²) < 4.78 is 9.68. The topological polar surface area (TPSA) is 72.6 Å². The quantitative estimate of drug-likeness (QED) is 0.711. The molecule has 1 aromatic rings. The molecule has 0 aliphatic carbocycles. The van der Waals surface area contributed by atoms with Gasteiger partial charge in [0.15, 0.2) is 0 Å². The van der Waals surface area contributed by atoms with Crippen LogP contribution in [-0.4, -0.2) is 42.1 Å². The van der Waals surface area contributed by atoms with Crippen molar-refractivity contribution >= 4 is 11.9 Å².